The molecule has 0 aliphatic heterocycles. The molecule has 0 spiro atoms. The molecule has 1 aromatic heterocycles. The Morgan fingerprint density at radius 1 is 1.12 bits per heavy atom. The van der Waals surface area contributed by atoms with Crippen molar-refractivity contribution in [3.63, 3.8) is 0 Å². The van der Waals surface area contributed by atoms with Crippen LogP contribution < -0.4 is 0 Å². The van der Waals surface area contributed by atoms with Crippen molar-refractivity contribution in [2.75, 3.05) is 0 Å². The van der Waals surface area contributed by atoms with Gasteiger partial charge < -0.3 is 0 Å². The first kappa shape index (κ1) is 12.5. The molecular formula is C9H8FNO4S. The Kier molecular flexibility index (Phi) is 3.88. The fraction of sp³-hybridized carbons (Fsp3) is 0. The number of halogens is 1. The number of benzene rings is 1. The molecule has 0 aliphatic carbocycles. The summed E-state index contributed by atoms with van der Waals surface area (Å²) in [5.41, 5.74) is 0.701. The Balaban J connectivity index is 0.000000221. The van der Waals surface area contributed by atoms with Gasteiger partial charge in [0.2, 0.25) is 0 Å². The second-order valence-corrected chi connectivity index (χ2v) is 3.65. The summed E-state index contributed by atoms with van der Waals surface area (Å²) in [4.78, 5) is 4.00. The second kappa shape index (κ2) is 4.97. The van der Waals surface area contributed by atoms with Gasteiger partial charge in [0.1, 0.15) is 5.82 Å². The van der Waals surface area contributed by atoms with E-state index in [9.17, 15) is 4.39 Å². The number of hydrogen-bond acceptors (Lipinski definition) is 3. The summed E-state index contributed by atoms with van der Waals surface area (Å²) in [6, 6.07) is 8.51. The molecule has 16 heavy (non-hydrogen) atoms. The Morgan fingerprint density at radius 3 is 2.25 bits per heavy atom. The molecule has 2 rings (SSSR count). The molecule has 86 valence electrons. The van der Waals surface area contributed by atoms with E-state index < -0.39 is 10.4 Å². The van der Waals surface area contributed by atoms with E-state index in [2.05, 4.69) is 4.98 Å². The van der Waals surface area contributed by atoms with Crippen LogP contribution in [0, 0.1) is 5.82 Å². The highest BCUT2D eigenvalue weighted by Crippen LogP contribution is 2.13. The first-order chi connectivity index (χ1) is 7.38. The lowest BCUT2D eigenvalue weighted by atomic mass is 10.2. The molecule has 0 bridgehead atoms. The summed E-state index contributed by atoms with van der Waals surface area (Å²) in [7, 11) is -4.67. The van der Waals surface area contributed by atoms with Gasteiger partial charge in [0.15, 0.2) is 0 Å². The second-order valence-electron chi connectivity index (χ2n) is 2.76. The molecule has 5 nitrogen and oxygen atoms in total. The molecule has 0 fully saturated rings. The Bertz CT molecular complexity index is 572. The van der Waals surface area contributed by atoms with Crippen LogP contribution in [0.25, 0.3) is 10.9 Å². The van der Waals surface area contributed by atoms with E-state index in [0.29, 0.717) is 10.9 Å². The van der Waals surface area contributed by atoms with Crippen molar-refractivity contribution in [3.05, 3.63) is 42.3 Å². The van der Waals surface area contributed by atoms with Gasteiger partial charge >= 0.3 is 10.4 Å². The van der Waals surface area contributed by atoms with Crippen LogP contribution in [0.5, 0.6) is 0 Å². The van der Waals surface area contributed by atoms with Gasteiger partial charge in [0.05, 0.1) is 5.52 Å². The van der Waals surface area contributed by atoms with E-state index in [1.165, 1.54) is 12.3 Å². The maximum atomic E-state index is 12.9. The minimum absolute atomic E-state index is 0.212. The number of pyridine rings is 1. The number of rotatable bonds is 0. The van der Waals surface area contributed by atoms with Crippen molar-refractivity contribution >= 4 is 21.3 Å². The summed E-state index contributed by atoms with van der Waals surface area (Å²) >= 11 is 0. The lowest BCUT2D eigenvalue weighted by Gasteiger charge is -1.95. The van der Waals surface area contributed by atoms with Crippen molar-refractivity contribution in [3.8, 4) is 0 Å². The molecule has 0 amide bonds. The molecule has 0 atom stereocenters. The SMILES string of the molecule is Fc1ccnc2ccccc12.O=S(=O)(O)O. The van der Waals surface area contributed by atoms with Gasteiger partial charge in [0.25, 0.3) is 0 Å². The van der Waals surface area contributed by atoms with Crippen molar-refractivity contribution < 1.29 is 21.9 Å². The lowest BCUT2D eigenvalue weighted by Crippen LogP contribution is -1.89. The van der Waals surface area contributed by atoms with Crippen LogP contribution in [-0.4, -0.2) is 22.5 Å². The first-order valence-electron chi connectivity index (χ1n) is 4.07. The third kappa shape index (κ3) is 4.30. The van der Waals surface area contributed by atoms with Crippen LogP contribution in [0.1, 0.15) is 0 Å². The Labute approximate surface area is 91.1 Å². The predicted octanol–water partition coefficient (Wildman–Crippen LogP) is 1.72. The van der Waals surface area contributed by atoms with Crippen LogP contribution >= 0.6 is 0 Å². The summed E-state index contributed by atoms with van der Waals surface area (Å²) < 4.78 is 44.5. The minimum atomic E-state index is -4.67. The number of nitrogens with zero attached hydrogens (tertiary/aromatic N) is 1. The summed E-state index contributed by atoms with van der Waals surface area (Å²) in [6.07, 6.45) is 1.47. The van der Waals surface area contributed by atoms with Crippen LogP contribution in [-0.2, 0) is 10.4 Å². The lowest BCUT2D eigenvalue weighted by molar-refractivity contribution is 0.381. The molecule has 0 radical (unpaired) electrons. The highest BCUT2D eigenvalue weighted by atomic mass is 32.3. The van der Waals surface area contributed by atoms with Gasteiger partial charge in [-0.3, -0.25) is 14.1 Å². The third-order valence-corrected chi connectivity index (χ3v) is 1.60. The maximum absolute atomic E-state index is 12.9. The van der Waals surface area contributed by atoms with E-state index in [1.54, 1.807) is 18.2 Å². The number of fused-ring (bicyclic) bond motifs is 1. The molecule has 0 unspecified atom stereocenters. The standard InChI is InChI=1S/C9H6FN.H2O4S/c10-8-5-6-11-9-4-2-1-3-7(8)9;1-5(2,3)4/h1-6H;(H2,1,2,3,4). The smallest absolute Gasteiger partial charge is 0.264 e. The summed E-state index contributed by atoms with van der Waals surface area (Å²) in [5.74, 6) is -0.212. The molecule has 0 aliphatic rings. The van der Waals surface area contributed by atoms with E-state index in [1.807, 2.05) is 6.07 Å². The topological polar surface area (TPSA) is 87.5 Å². The van der Waals surface area contributed by atoms with Crippen molar-refractivity contribution in [2.24, 2.45) is 0 Å². The molecule has 1 aromatic carbocycles. The van der Waals surface area contributed by atoms with Crippen LogP contribution in [0.2, 0.25) is 0 Å². The fourth-order valence-electron chi connectivity index (χ4n) is 1.06. The van der Waals surface area contributed by atoms with Gasteiger partial charge in [-0.15, -0.1) is 0 Å². The van der Waals surface area contributed by atoms with Crippen molar-refractivity contribution in [1.29, 1.82) is 0 Å². The number of aromatic nitrogens is 1. The number of hydrogen-bond donors (Lipinski definition) is 2. The third-order valence-electron chi connectivity index (χ3n) is 1.60. The first-order valence-corrected chi connectivity index (χ1v) is 5.47. The normalized spacial score (nSPS) is 10.7. The zero-order valence-corrected chi connectivity index (χ0v) is 8.72. The monoisotopic (exact) mass is 245 g/mol. The molecule has 7 heteroatoms. The van der Waals surface area contributed by atoms with Crippen molar-refractivity contribution in [1.82, 2.24) is 4.98 Å². The minimum Gasteiger partial charge on any atom is -0.264 e. The van der Waals surface area contributed by atoms with Gasteiger partial charge in [-0.1, -0.05) is 12.1 Å². The van der Waals surface area contributed by atoms with Gasteiger partial charge in [0, 0.05) is 11.6 Å². The average Bonchev–Trinajstić information content (AvgIpc) is 2.16. The van der Waals surface area contributed by atoms with Crippen LogP contribution in [0.3, 0.4) is 0 Å². The van der Waals surface area contributed by atoms with E-state index >= 15 is 0 Å². The fourth-order valence-corrected chi connectivity index (χ4v) is 1.06. The van der Waals surface area contributed by atoms with E-state index in [-0.39, 0.29) is 5.82 Å². The number of para-hydroxylation sites is 1. The zero-order chi connectivity index (χ0) is 12.2. The van der Waals surface area contributed by atoms with Gasteiger partial charge in [-0.05, 0) is 18.2 Å². The van der Waals surface area contributed by atoms with Crippen LogP contribution in [0.15, 0.2) is 36.5 Å². The molecule has 1 heterocycles. The Hall–Kier alpha value is -1.57. The largest absolute Gasteiger partial charge is 0.394 e. The highest BCUT2D eigenvalue weighted by Gasteiger charge is 1.97. The van der Waals surface area contributed by atoms with E-state index in [4.69, 9.17) is 17.5 Å². The van der Waals surface area contributed by atoms with Gasteiger partial charge in [-0.2, -0.15) is 8.42 Å². The molecule has 0 saturated carbocycles. The summed E-state index contributed by atoms with van der Waals surface area (Å²) in [5, 5.41) is 0.579. The van der Waals surface area contributed by atoms with E-state index in [0.717, 1.165) is 0 Å². The van der Waals surface area contributed by atoms with Crippen LogP contribution in [0.4, 0.5) is 4.39 Å². The molecular weight excluding hydrogens is 237 g/mol. The molecule has 2 N–H and O–H groups in total. The predicted molar refractivity (Wildman–Crippen MR) is 55.9 cm³/mol. The average molecular weight is 245 g/mol. The van der Waals surface area contributed by atoms with Gasteiger partial charge in [-0.25, -0.2) is 4.39 Å². The molecule has 2 aromatic rings. The Morgan fingerprint density at radius 2 is 1.69 bits per heavy atom. The molecule has 0 saturated heterocycles. The maximum Gasteiger partial charge on any atom is 0.394 e. The summed E-state index contributed by atoms with van der Waals surface area (Å²) in [6.45, 7) is 0. The quantitative estimate of drug-likeness (QED) is 0.690. The zero-order valence-electron chi connectivity index (χ0n) is 7.91. The highest BCUT2D eigenvalue weighted by molar-refractivity contribution is 7.79. The van der Waals surface area contributed by atoms with Crippen molar-refractivity contribution in [2.45, 2.75) is 0 Å².